The Balaban J connectivity index is 1.55. The number of anilines is 1. The number of imide groups is 1. The van der Waals surface area contributed by atoms with Gasteiger partial charge in [0, 0.05) is 42.8 Å². The molecule has 7 nitrogen and oxygen atoms in total. The number of piperidine rings is 1. The number of hydrogen-bond acceptors (Lipinski definition) is 5. The molecule has 3 aliphatic rings. The summed E-state index contributed by atoms with van der Waals surface area (Å²) in [7, 11) is 0. The number of rotatable bonds is 6. The summed E-state index contributed by atoms with van der Waals surface area (Å²) >= 11 is 0. The highest BCUT2D eigenvalue weighted by Gasteiger charge is 2.39. The molecule has 1 aromatic carbocycles. The van der Waals surface area contributed by atoms with E-state index < -0.39 is 6.04 Å². The van der Waals surface area contributed by atoms with Crippen LogP contribution in [0.2, 0.25) is 0 Å². The number of nitrogens with zero attached hydrogens (tertiary/aromatic N) is 2. The Hall–Kier alpha value is -2.41. The Labute approximate surface area is 171 Å². The van der Waals surface area contributed by atoms with E-state index in [-0.39, 0.29) is 24.1 Å². The molecule has 4 rings (SSSR count). The molecule has 1 aliphatic carbocycles. The van der Waals surface area contributed by atoms with Gasteiger partial charge in [-0.2, -0.15) is 0 Å². The fraction of sp³-hybridized carbons (Fsp3) is 0.591. The molecule has 0 spiro atoms. The topological polar surface area (TPSA) is 81.8 Å². The third-order valence-electron chi connectivity index (χ3n) is 6.53. The van der Waals surface area contributed by atoms with E-state index in [1.54, 1.807) is 4.90 Å². The van der Waals surface area contributed by atoms with Crippen molar-refractivity contribution in [2.75, 3.05) is 18.0 Å². The Bertz CT molecular complexity index is 824. The number of fused-ring (bicyclic) bond motifs is 1. The molecule has 3 unspecified atom stereocenters. The van der Waals surface area contributed by atoms with Gasteiger partial charge in [-0.05, 0) is 62.9 Å². The summed E-state index contributed by atoms with van der Waals surface area (Å²) < 4.78 is 0. The average Bonchev–Trinajstić information content (AvgIpc) is 3.28. The van der Waals surface area contributed by atoms with Gasteiger partial charge in [-0.25, -0.2) is 0 Å². The summed E-state index contributed by atoms with van der Waals surface area (Å²) in [6, 6.07) is 6.44. The van der Waals surface area contributed by atoms with Gasteiger partial charge in [-0.15, -0.1) is 0 Å². The number of likely N-dealkylation sites (N-methyl/N-ethyl adjacent to an activating group) is 2. The van der Waals surface area contributed by atoms with E-state index in [0.29, 0.717) is 30.6 Å². The SMILES string of the molecule is CCNC1CCCC1N(CC)c1ccc2c(c1)CN(C1CCC(=O)NC1=O)C2=O. The van der Waals surface area contributed by atoms with Crippen LogP contribution in [0.15, 0.2) is 18.2 Å². The van der Waals surface area contributed by atoms with Crippen molar-refractivity contribution in [2.45, 2.75) is 70.6 Å². The van der Waals surface area contributed by atoms with Crippen LogP contribution in [0.1, 0.15) is 61.9 Å². The van der Waals surface area contributed by atoms with Gasteiger partial charge in [0.2, 0.25) is 11.8 Å². The summed E-state index contributed by atoms with van der Waals surface area (Å²) in [6.07, 6.45) is 4.26. The maximum atomic E-state index is 12.9. The maximum Gasteiger partial charge on any atom is 0.255 e. The largest absolute Gasteiger partial charge is 0.367 e. The van der Waals surface area contributed by atoms with E-state index in [0.717, 1.165) is 24.3 Å². The first-order valence-corrected chi connectivity index (χ1v) is 10.8. The Kier molecular flexibility index (Phi) is 5.58. The third-order valence-corrected chi connectivity index (χ3v) is 6.53. The van der Waals surface area contributed by atoms with Crippen molar-refractivity contribution in [3.05, 3.63) is 29.3 Å². The molecule has 3 atom stereocenters. The lowest BCUT2D eigenvalue weighted by Gasteiger charge is -2.34. The predicted octanol–water partition coefficient (Wildman–Crippen LogP) is 1.80. The Morgan fingerprint density at radius 2 is 2.00 bits per heavy atom. The second kappa shape index (κ2) is 8.14. The van der Waals surface area contributed by atoms with Gasteiger partial charge in [-0.1, -0.05) is 6.92 Å². The third kappa shape index (κ3) is 3.64. The van der Waals surface area contributed by atoms with Gasteiger partial charge < -0.3 is 15.1 Å². The quantitative estimate of drug-likeness (QED) is 0.714. The van der Waals surface area contributed by atoms with Crippen LogP contribution in [0.5, 0.6) is 0 Å². The lowest BCUT2D eigenvalue weighted by molar-refractivity contribution is -0.136. The van der Waals surface area contributed by atoms with Crippen LogP contribution < -0.4 is 15.5 Å². The van der Waals surface area contributed by atoms with Crippen molar-refractivity contribution in [3.63, 3.8) is 0 Å². The molecule has 2 N–H and O–H groups in total. The zero-order chi connectivity index (χ0) is 20.5. The van der Waals surface area contributed by atoms with Crippen molar-refractivity contribution in [1.29, 1.82) is 0 Å². The Morgan fingerprint density at radius 3 is 2.72 bits per heavy atom. The molecular formula is C22H30N4O3. The van der Waals surface area contributed by atoms with Crippen LogP contribution in [0, 0.1) is 0 Å². The molecule has 7 heteroatoms. The van der Waals surface area contributed by atoms with Gasteiger partial charge in [0.25, 0.3) is 5.91 Å². The molecule has 3 amide bonds. The molecule has 0 radical (unpaired) electrons. The number of nitrogens with one attached hydrogen (secondary N) is 2. The summed E-state index contributed by atoms with van der Waals surface area (Å²) in [5, 5.41) is 5.98. The van der Waals surface area contributed by atoms with Gasteiger partial charge in [0.05, 0.1) is 0 Å². The normalized spacial score (nSPS) is 26.6. The highest BCUT2D eigenvalue weighted by molar-refractivity contribution is 6.05. The predicted molar refractivity (Wildman–Crippen MR) is 111 cm³/mol. The number of carbonyl (C=O) groups is 3. The first-order valence-electron chi connectivity index (χ1n) is 10.8. The van der Waals surface area contributed by atoms with E-state index in [4.69, 9.17) is 0 Å². The van der Waals surface area contributed by atoms with Crippen LogP contribution in [-0.4, -0.2) is 53.8 Å². The first kappa shape index (κ1) is 19.9. The second-order valence-electron chi connectivity index (χ2n) is 8.19. The van der Waals surface area contributed by atoms with Crippen molar-refractivity contribution in [2.24, 2.45) is 0 Å². The van der Waals surface area contributed by atoms with Crippen LogP contribution in [-0.2, 0) is 16.1 Å². The number of carbonyl (C=O) groups excluding carboxylic acids is 3. The summed E-state index contributed by atoms with van der Waals surface area (Å²) in [4.78, 5) is 40.6. The average molecular weight is 399 g/mol. The number of amides is 3. The minimum absolute atomic E-state index is 0.115. The Morgan fingerprint density at radius 1 is 1.17 bits per heavy atom. The smallest absolute Gasteiger partial charge is 0.255 e. The molecule has 0 aromatic heterocycles. The molecule has 2 fully saturated rings. The molecule has 29 heavy (non-hydrogen) atoms. The lowest BCUT2D eigenvalue weighted by atomic mass is 10.0. The van der Waals surface area contributed by atoms with E-state index in [9.17, 15) is 14.4 Å². The zero-order valence-electron chi connectivity index (χ0n) is 17.2. The fourth-order valence-electron chi connectivity index (χ4n) is 5.16. The first-order chi connectivity index (χ1) is 14.0. The van der Waals surface area contributed by atoms with E-state index >= 15 is 0 Å². The molecule has 1 saturated carbocycles. The molecule has 156 valence electrons. The molecule has 2 aliphatic heterocycles. The fourth-order valence-corrected chi connectivity index (χ4v) is 5.16. The molecule has 0 bridgehead atoms. The summed E-state index contributed by atoms with van der Waals surface area (Å²) in [5.41, 5.74) is 2.77. The van der Waals surface area contributed by atoms with Gasteiger partial charge >= 0.3 is 0 Å². The van der Waals surface area contributed by atoms with Crippen LogP contribution in [0.4, 0.5) is 5.69 Å². The molecule has 1 saturated heterocycles. The highest BCUT2D eigenvalue weighted by Crippen LogP contribution is 2.33. The number of benzene rings is 1. The molecule has 1 aromatic rings. The minimum atomic E-state index is -0.564. The molecular weight excluding hydrogens is 368 g/mol. The van der Waals surface area contributed by atoms with Gasteiger partial charge in [0.1, 0.15) is 6.04 Å². The van der Waals surface area contributed by atoms with Crippen LogP contribution in [0.25, 0.3) is 0 Å². The van der Waals surface area contributed by atoms with E-state index in [1.807, 2.05) is 12.1 Å². The van der Waals surface area contributed by atoms with Crippen molar-refractivity contribution in [3.8, 4) is 0 Å². The number of hydrogen-bond donors (Lipinski definition) is 2. The standard InChI is InChI=1S/C22H30N4O3/c1-3-23-17-6-5-7-18(17)25(4-2)15-8-9-16-14(12-15)13-26(22(16)29)19-10-11-20(27)24-21(19)28/h8-9,12,17-19,23H,3-7,10-11,13H2,1-2H3,(H,24,27,28). The molecule has 2 heterocycles. The van der Waals surface area contributed by atoms with Crippen molar-refractivity contribution in [1.82, 2.24) is 15.5 Å². The van der Waals surface area contributed by atoms with Gasteiger partial charge in [-0.3, -0.25) is 19.7 Å². The van der Waals surface area contributed by atoms with Crippen molar-refractivity contribution < 1.29 is 14.4 Å². The van der Waals surface area contributed by atoms with Crippen molar-refractivity contribution >= 4 is 23.4 Å². The van der Waals surface area contributed by atoms with Crippen LogP contribution >= 0.6 is 0 Å². The maximum absolute atomic E-state index is 12.9. The van der Waals surface area contributed by atoms with Gasteiger partial charge in [0.15, 0.2) is 0 Å². The van der Waals surface area contributed by atoms with E-state index in [1.165, 1.54) is 19.3 Å². The van der Waals surface area contributed by atoms with Crippen LogP contribution in [0.3, 0.4) is 0 Å². The zero-order valence-corrected chi connectivity index (χ0v) is 17.2. The lowest BCUT2D eigenvalue weighted by Crippen LogP contribution is -2.52. The monoisotopic (exact) mass is 398 g/mol. The second-order valence-corrected chi connectivity index (χ2v) is 8.19. The van der Waals surface area contributed by atoms with E-state index in [2.05, 4.69) is 35.4 Å². The summed E-state index contributed by atoms with van der Waals surface area (Å²) in [5.74, 6) is -0.740. The highest BCUT2D eigenvalue weighted by atomic mass is 16.2. The minimum Gasteiger partial charge on any atom is -0.367 e. The summed E-state index contributed by atoms with van der Waals surface area (Å²) in [6.45, 7) is 6.63.